The maximum atomic E-state index is 13.6. The summed E-state index contributed by atoms with van der Waals surface area (Å²) in [6, 6.07) is 13.1. The van der Waals surface area contributed by atoms with E-state index in [9.17, 15) is 36.6 Å². The van der Waals surface area contributed by atoms with Crippen LogP contribution < -0.4 is 0 Å². The van der Waals surface area contributed by atoms with Gasteiger partial charge in [-0.05, 0) is 94.2 Å². The van der Waals surface area contributed by atoms with Gasteiger partial charge in [0.15, 0.2) is 0 Å². The summed E-state index contributed by atoms with van der Waals surface area (Å²) in [7, 11) is 0. The molecule has 14 heteroatoms. The molecule has 2 N–H and O–H groups in total. The molecule has 57 heavy (non-hydrogen) atoms. The molecule has 0 atom stereocenters. The lowest BCUT2D eigenvalue weighted by molar-refractivity contribution is -0.138. The third-order valence-electron chi connectivity index (χ3n) is 10.1. The Bertz CT molecular complexity index is 2310. The zero-order chi connectivity index (χ0) is 42.3. The number of phenolic OH excluding ortho intramolecular Hbond substituents is 2. The highest BCUT2D eigenvalue weighted by atomic mass is 19.4. The van der Waals surface area contributed by atoms with Crippen molar-refractivity contribution in [2.24, 2.45) is 10.8 Å². The van der Waals surface area contributed by atoms with Crippen molar-refractivity contribution < 1.29 is 36.6 Å². The Kier molecular flexibility index (Phi) is 10.0. The van der Waals surface area contributed by atoms with Crippen LogP contribution in [-0.2, 0) is 29.6 Å². The summed E-state index contributed by atoms with van der Waals surface area (Å²) in [5.74, 6) is -0.448. The van der Waals surface area contributed by atoms with Crippen LogP contribution in [0.2, 0.25) is 0 Å². The van der Waals surface area contributed by atoms with Crippen LogP contribution >= 0.6 is 0 Å². The van der Waals surface area contributed by atoms with Crippen LogP contribution in [0.1, 0.15) is 115 Å². The van der Waals surface area contributed by atoms with Gasteiger partial charge in [-0.2, -0.15) is 26.3 Å². The summed E-state index contributed by atoms with van der Waals surface area (Å²) in [5, 5.41) is 42.1. The second-order valence-electron chi connectivity index (χ2n) is 18.7. The highest BCUT2D eigenvalue weighted by Crippen LogP contribution is 2.47. The molecule has 0 saturated carbocycles. The number of rotatable bonds is 8. The average Bonchev–Trinajstić information content (AvgIpc) is 3.66. The van der Waals surface area contributed by atoms with Crippen LogP contribution in [0.4, 0.5) is 26.3 Å². The summed E-state index contributed by atoms with van der Waals surface area (Å²) < 4.78 is 81.4. The lowest BCUT2D eigenvalue weighted by atomic mass is 9.68. The summed E-state index contributed by atoms with van der Waals surface area (Å²) in [6.45, 7) is 20.9. The largest absolute Gasteiger partial charge is 0.505 e. The molecular weight excluding hydrogens is 747 g/mol. The molecule has 304 valence electrons. The Morgan fingerprint density at radius 1 is 0.474 bits per heavy atom. The van der Waals surface area contributed by atoms with Gasteiger partial charge in [0, 0.05) is 17.5 Å². The van der Waals surface area contributed by atoms with Gasteiger partial charge in [0.1, 0.15) is 44.9 Å². The lowest BCUT2D eigenvalue weighted by Gasteiger charge is -2.36. The second-order valence-corrected chi connectivity index (χ2v) is 18.7. The fourth-order valence-corrected chi connectivity index (χ4v) is 8.61. The summed E-state index contributed by atoms with van der Waals surface area (Å²) >= 11 is 0. The molecule has 0 unspecified atom stereocenters. The molecule has 0 saturated heterocycles. The van der Waals surface area contributed by atoms with Crippen molar-refractivity contribution >= 4 is 22.1 Å². The van der Waals surface area contributed by atoms with E-state index in [2.05, 4.69) is 89.6 Å². The zero-order valence-corrected chi connectivity index (χ0v) is 33.7. The van der Waals surface area contributed by atoms with E-state index >= 15 is 0 Å². The van der Waals surface area contributed by atoms with Gasteiger partial charge in [0.2, 0.25) is 0 Å². The van der Waals surface area contributed by atoms with Crippen LogP contribution in [0.3, 0.4) is 0 Å². The normalized spacial score (nSPS) is 13.6. The van der Waals surface area contributed by atoms with Gasteiger partial charge >= 0.3 is 12.4 Å². The Balaban J connectivity index is 1.59. The summed E-state index contributed by atoms with van der Waals surface area (Å²) in [5.41, 5.74) is -0.127. The van der Waals surface area contributed by atoms with Gasteiger partial charge < -0.3 is 10.2 Å². The Hall–Kier alpha value is -5.14. The van der Waals surface area contributed by atoms with Gasteiger partial charge in [-0.15, -0.1) is 30.0 Å². The SMILES string of the molecule is CC(C)(C)CC(C)(C)c1ccc(-n2nc3ccc(C(F)(F)F)cc3n2)c(O)c1Cc1c(C(C)(C)CC(C)(C)C)ccc(-n2nc3ccc(C(F)(F)F)cc3n2)c1O. The molecule has 6 rings (SSSR count). The number of nitrogens with zero attached hydrogens (tertiary/aromatic N) is 6. The number of benzene rings is 4. The van der Waals surface area contributed by atoms with Gasteiger partial charge in [-0.25, -0.2) is 0 Å². The number of alkyl halides is 6. The Labute approximate surface area is 327 Å². The Morgan fingerprint density at radius 2 is 0.807 bits per heavy atom. The average molecular weight is 795 g/mol. The minimum Gasteiger partial charge on any atom is -0.505 e. The van der Waals surface area contributed by atoms with Crippen LogP contribution in [0.5, 0.6) is 11.5 Å². The molecule has 0 aliphatic carbocycles. The lowest BCUT2D eigenvalue weighted by Crippen LogP contribution is -2.28. The standard InChI is InChI=1S/C43H48F6N6O2/c1-38(2,3)22-40(7,8)28-13-17-34(54-50-30-15-11-24(42(44,45)46)19-32(30)52-54)36(56)26(28)21-27-29(41(9,10)23-39(4,5)6)14-18-35(37(27)57)55-51-31-16-12-25(43(47,48)49)20-33(31)53-55/h11-20,56-57H,21-23H2,1-10H3. The van der Waals surface area contributed by atoms with E-state index in [1.54, 1.807) is 12.1 Å². The van der Waals surface area contributed by atoms with E-state index in [-0.39, 0.29) is 62.2 Å². The third-order valence-corrected chi connectivity index (χ3v) is 10.1. The molecule has 6 aromatic rings. The van der Waals surface area contributed by atoms with E-state index in [4.69, 9.17) is 0 Å². The number of fused-ring (bicyclic) bond motifs is 2. The summed E-state index contributed by atoms with van der Waals surface area (Å²) in [4.78, 5) is 2.22. The minimum atomic E-state index is -4.59. The number of aromatic nitrogens is 6. The minimum absolute atomic E-state index is 0.0130. The zero-order valence-electron chi connectivity index (χ0n) is 33.7. The van der Waals surface area contributed by atoms with Crippen LogP contribution in [0, 0.1) is 10.8 Å². The molecule has 0 spiro atoms. The van der Waals surface area contributed by atoms with Crippen molar-refractivity contribution in [3.05, 3.63) is 94.0 Å². The fourth-order valence-electron chi connectivity index (χ4n) is 8.61. The molecule has 0 fully saturated rings. The molecule has 0 aliphatic rings. The number of hydrogen-bond acceptors (Lipinski definition) is 6. The van der Waals surface area contributed by atoms with Crippen molar-refractivity contribution in [3.8, 4) is 22.9 Å². The molecule has 8 nitrogen and oxygen atoms in total. The fraction of sp³-hybridized carbons (Fsp3) is 0.442. The van der Waals surface area contributed by atoms with Gasteiger partial charge in [-0.3, -0.25) is 0 Å². The third kappa shape index (κ3) is 8.59. The molecule has 2 aromatic heterocycles. The smallest absolute Gasteiger partial charge is 0.416 e. The van der Waals surface area contributed by atoms with E-state index in [0.717, 1.165) is 45.0 Å². The van der Waals surface area contributed by atoms with Crippen molar-refractivity contribution in [1.29, 1.82) is 0 Å². The molecule has 0 amide bonds. The number of phenols is 2. The molecule has 4 aromatic carbocycles. The van der Waals surface area contributed by atoms with Gasteiger partial charge in [0.05, 0.1) is 11.1 Å². The Morgan fingerprint density at radius 3 is 1.12 bits per heavy atom. The first kappa shape index (κ1) is 41.5. The summed E-state index contributed by atoms with van der Waals surface area (Å²) in [6.07, 6.45) is -7.83. The van der Waals surface area contributed by atoms with Crippen molar-refractivity contribution in [1.82, 2.24) is 30.0 Å². The first-order chi connectivity index (χ1) is 26.0. The van der Waals surface area contributed by atoms with Crippen molar-refractivity contribution in [2.45, 2.75) is 112 Å². The first-order valence-electron chi connectivity index (χ1n) is 18.6. The molecule has 0 aliphatic heterocycles. The first-order valence-corrected chi connectivity index (χ1v) is 18.6. The van der Waals surface area contributed by atoms with E-state index in [1.165, 1.54) is 12.1 Å². The molecular formula is C43H48F6N6O2. The quantitative estimate of drug-likeness (QED) is 0.149. The van der Waals surface area contributed by atoms with Crippen LogP contribution in [0.25, 0.3) is 33.4 Å². The van der Waals surface area contributed by atoms with E-state index in [0.29, 0.717) is 24.0 Å². The monoisotopic (exact) mass is 794 g/mol. The van der Waals surface area contributed by atoms with E-state index in [1.807, 2.05) is 12.1 Å². The van der Waals surface area contributed by atoms with Crippen LogP contribution in [0.15, 0.2) is 60.7 Å². The predicted octanol–water partition coefficient (Wildman–Crippen LogP) is 11.6. The highest BCUT2D eigenvalue weighted by Gasteiger charge is 2.36. The second kappa shape index (κ2) is 13.8. The molecule has 0 bridgehead atoms. The number of hydrogen-bond donors (Lipinski definition) is 2. The van der Waals surface area contributed by atoms with E-state index < -0.39 is 34.3 Å². The van der Waals surface area contributed by atoms with Crippen molar-refractivity contribution in [3.63, 3.8) is 0 Å². The van der Waals surface area contributed by atoms with Crippen LogP contribution in [-0.4, -0.2) is 40.2 Å². The molecule has 2 heterocycles. The van der Waals surface area contributed by atoms with Crippen molar-refractivity contribution in [2.75, 3.05) is 0 Å². The topological polar surface area (TPSA) is 102 Å². The predicted molar refractivity (Wildman–Crippen MR) is 208 cm³/mol. The maximum absolute atomic E-state index is 13.6. The number of aromatic hydroxyl groups is 2. The van der Waals surface area contributed by atoms with Gasteiger partial charge in [0.25, 0.3) is 0 Å². The maximum Gasteiger partial charge on any atom is 0.416 e. The van der Waals surface area contributed by atoms with Gasteiger partial charge in [-0.1, -0.05) is 81.4 Å². The highest BCUT2D eigenvalue weighted by molar-refractivity contribution is 5.76. The molecule has 0 radical (unpaired) electrons. The number of halogens is 6.